The predicted octanol–water partition coefficient (Wildman–Crippen LogP) is 4.19. The molecule has 2 aromatic rings. The van der Waals surface area contributed by atoms with Gasteiger partial charge in [-0.15, -0.1) is 22.7 Å². The minimum atomic E-state index is -0.926. The van der Waals surface area contributed by atoms with E-state index < -0.39 is 5.97 Å². The lowest BCUT2D eigenvalue weighted by atomic mass is 10.3. The molecular weight excluding hydrogens is 314 g/mol. The molecule has 2 heterocycles. The minimum absolute atomic E-state index is 0.811. The van der Waals surface area contributed by atoms with Crippen molar-refractivity contribution in [3.8, 4) is 0 Å². The smallest absolute Gasteiger partial charge is 0.328 e. The molecule has 2 rings (SSSR count). The molecule has 0 aliphatic heterocycles. The molecule has 0 spiro atoms. The van der Waals surface area contributed by atoms with Crippen molar-refractivity contribution in [3.05, 3.63) is 49.3 Å². The van der Waals surface area contributed by atoms with Crippen molar-refractivity contribution in [2.75, 3.05) is 7.05 Å². The van der Waals surface area contributed by atoms with Crippen LogP contribution in [-0.2, 0) is 17.9 Å². The van der Waals surface area contributed by atoms with E-state index in [9.17, 15) is 4.79 Å². The van der Waals surface area contributed by atoms with Crippen LogP contribution in [0.2, 0.25) is 4.34 Å². The zero-order valence-electron chi connectivity index (χ0n) is 10.9. The number of hydrogen-bond donors (Lipinski definition) is 1. The van der Waals surface area contributed by atoms with Crippen LogP contribution < -0.4 is 0 Å². The molecule has 0 saturated carbocycles. The molecule has 0 bridgehead atoms. The number of thiophene rings is 2. The second-order valence-corrected chi connectivity index (χ2v) is 7.19. The van der Waals surface area contributed by atoms with Crippen molar-refractivity contribution in [1.29, 1.82) is 0 Å². The van der Waals surface area contributed by atoms with Crippen LogP contribution >= 0.6 is 34.3 Å². The maximum atomic E-state index is 10.5. The van der Waals surface area contributed by atoms with Gasteiger partial charge in [-0.3, -0.25) is 4.90 Å². The van der Waals surface area contributed by atoms with E-state index in [0.717, 1.165) is 29.1 Å². The lowest BCUT2D eigenvalue weighted by molar-refractivity contribution is -0.131. The Bertz CT molecular complexity index is 618. The molecule has 0 fully saturated rings. The lowest BCUT2D eigenvalue weighted by Gasteiger charge is -2.14. The maximum absolute atomic E-state index is 10.5. The summed E-state index contributed by atoms with van der Waals surface area (Å²) in [4.78, 5) is 15.1. The average Bonchev–Trinajstić information content (AvgIpc) is 2.96. The molecule has 0 radical (unpaired) electrons. The van der Waals surface area contributed by atoms with Gasteiger partial charge in [0.05, 0.1) is 4.34 Å². The summed E-state index contributed by atoms with van der Waals surface area (Å²) in [5, 5.41) is 10.6. The third kappa shape index (κ3) is 4.76. The van der Waals surface area contributed by atoms with Crippen LogP contribution in [0.5, 0.6) is 0 Å². The first-order valence-electron chi connectivity index (χ1n) is 5.94. The van der Waals surface area contributed by atoms with Gasteiger partial charge in [-0.1, -0.05) is 11.6 Å². The Morgan fingerprint density at radius 3 is 2.80 bits per heavy atom. The third-order valence-electron chi connectivity index (χ3n) is 2.57. The zero-order valence-corrected chi connectivity index (χ0v) is 13.3. The fraction of sp³-hybridized carbons (Fsp3) is 0.214. The molecule has 106 valence electrons. The van der Waals surface area contributed by atoms with Crippen molar-refractivity contribution < 1.29 is 9.90 Å². The molecule has 20 heavy (non-hydrogen) atoms. The highest BCUT2D eigenvalue weighted by molar-refractivity contribution is 7.16. The molecule has 2 aromatic heterocycles. The topological polar surface area (TPSA) is 40.5 Å². The number of carboxylic acid groups (broad SMARTS) is 1. The molecule has 0 aromatic carbocycles. The monoisotopic (exact) mass is 327 g/mol. The second-order valence-electron chi connectivity index (χ2n) is 4.40. The summed E-state index contributed by atoms with van der Waals surface area (Å²) < 4.78 is 0.811. The number of hydrogen-bond acceptors (Lipinski definition) is 4. The first-order chi connectivity index (χ1) is 9.52. The highest BCUT2D eigenvalue weighted by Gasteiger charge is 2.06. The van der Waals surface area contributed by atoms with Crippen molar-refractivity contribution in [1.82, 2.24) is 4.90 Å². The van der Waals surface area contributed by atoms with Crippen LogP contribution in [0.25, 0.3) is 6.08 Å². The summed E-state index contributed by atoms with van der Waals surface area (Å²) >= 11 is 9.14. The van der Waals surface area contributed by atoms with Crippen LogP contribution in [0.1, 0.15) is 15.3 Å². The number of carbonyl (C=O) groups is 1. The molecular formula is C14H14ClNO2S2. The molecule has 0 aliphatic rings. The Morgan fingerprint density at radius 2 is 2.15 bits per heavy atom. The number of aliphatic carboxylic acids is 1. The number of nitrogens with zero attached hydrogens (tertiary/aromatic N) is 1. The minimum Gasteiger partial charge on any atom is -0.478 e. The van der Waals surface area contributed by atoms with E-state index >= 15 is 0 Å². The van der Waals surface area contributed by atoms with E-state index in [4.69, 9.17) is 16.7 Å². The van der Waals surface area contributed by atoms with Crippen LogP contribution in [0.15, 0.2) is 29.7 Å². The summed E-state index contributed by atoms with van der Waals surface area (Å²) in [6, 6.07) is 5.97. The van der Waals surface area contributed by atoms with Crippen molar-refractivity contribution >= 4 is 46.3 Å². The second kappa shape index (κ2) is 7.04. The van der Waals surface area contributed by atoms with E-state index in [1.165, 1.54) is 9.75 Å². The van der Waals surface area contributed by atoms with E-state index in [0.29, 0.717) is 0 Å². The van der Waals surface area contributed by atoms with Gasteiger partial charge in [0.25, 0.3) is 0 Å². The standard InChI is InChI=1S/C14H14ClNO2S2/c1-16(7-11-3-4-13(15)20-11)8-12-6-10(9-19-12)2-5-14(17)18/h2-6,9H,7-8H2,1H3,(H,17,18). The van der Waals surface area contributed by atoms with Crippen LogP contribution in [0, 0.1) is 0 Å². The van der Waals surface area contributed by atoms with Crippen molar-refractivity contribution in [2.45, 2.75) is 13.1 Å². The van der Waals surface area contributed by atoms with Gasteiger partial charge in [-0.25, -0.2) is 4.79 Å². The first-order valence-corrected chi connectivity index (χ1v) is 8.01. The van der Waals surface area contributed by atoms with Gasteiger partial charge in [0.1, 0.15) is 0 Å². The van der Waals surface area contributed by atoms with E-state index in [1.54, 1.807) is 28.7 Å². The highest BCUT2D eigenvalue weighted by Crippen LogP contribution is 2.24. The Morgan fingerprint density at radius 1 is 1.40 bits per heavy atom. The third-order valence-corrected chi connectivity index (χ3v) is 4.73. The summed E-state index contributed by atoms with van der Waals surface area (Å²) in [5.41, 5.74) is 0.931. The molecule has 0 aliphatic carbocycles. The Labute approximate surface area is 130 Å². The summed E-state index contributed by atoms with van der Waals surface area (Å²) in [6.45, 7) is 1.69. The molecule has 3 nitrogen and oxygen atoms in total. The Hall–Kier alpha value is -1.14. The lowest BCUT2D eigenvalue weighted by Crippen LogP contribution is -2.15. The largest absolute Gasteiger partial charge is 0.478 e. The zero-order chi connectivity index (χ0) is 14.5. The number of rotatable bonds is 6. The van der Waals surface area contributed by atoms with E-state index in [1.807, 2.05) is 23.6 Å². The normalized spacial score (nSPS) is 11.6. The summed E-state index contributed by atoms with van der Waals surface area (Å²) in [6.07, 6.45) is 2.77. The van der Waals surface area contributed by atoms with Gasteiger partial charge in [-0.2, -0.15) is 0 Å². The molecule has 0 amide bonds. The van der Waals surface area contributed by atoms with Crippen LogP contribution in [-0.4, -0.2) is 23.0 Å². The quantitative estimate of drug-likeness (QED) is 0.809. The summed E-state index contributed by atoms with van der Waals surface area (Å²) in [7, 11) is 2.06. The molecule has 6 heteroatoms. The molecule has 0 saturated heterocycles. The average molecular weight is 328 g/mol. The SMILES string of the molecule is CN(Cc1cc(C=CC(=O)O)cs1)Cc1ccc(Cl)s1. The van der Waals surface area contributed by atoms with Crippen molar-refractivity contribution in [2.24, 2.45) is 0 Å². The van der Waals surface area contributed by atoms with Gasteiger partial charge < -0.3 is 5.11 Å². The fourth-order valence-electron chi connectivity index (χ4n) is 1.76. The van der Waals surface area contributed by atoms with E-state index in [2.05, 4.69) is 11.9 Å². The molecule has 1 N–H and O–H groups in total. The molecule has 0 atom stereocenters. The maximum Gasteiger partial charge on any atom is 0.328 e. The number of halogens is 1. The number of carboxylic acids is 1. The van der Waals surface area contributed by atoms with Gasteiger partial charge >= 0.3 is 5.97 Å². The van der Waals surface area contributed by atoms with Crippen LogP contribution in [0.3, 0.4) is 0 Å². The summed E-state index contributed by atoms with van der Waals surface area (Å²) in [5.74, 6) is -0.926. The highest BCUT2D eigenvalue weighted by atomic mass is 35.5. The fourth-order valence-corrected chi connectivity index (χ4v) is 3.86. The Balaban J connectivity index is 1.91. The van der Waals surface area contributed by atoms with E-state index in [-0.39, 0.29) is 0 Å². The van der Waals surface area contributed by atoms with Gasteiger partial charge in [-0.05, 0) is 42.3 Å². The van der Waals surface area contributed by atoms with Gasteiger partial charge in [0.15, 0.2) is 0 Å². The Kier molecular flexibility index (Phi) is 5.37. The van der Waals surface area contributed by atoms with Gasteiger partial charge in [0.2, 0.25) is 0 Å². The predicted molar refractivity (Wildman–Crippen MR) is 85.5 cm³/mol. The van der Waals surface area contributed by atoms with Crippen molar-refractivity contribution in [3.63, 3.8) is 0 Å². The van der Waals surface area contributed by atoms with Gasteiger partial charge in [0, 0.05) is 28.9 Å². The first kappa shape index (κ1) is 15.3. The van der Waals surface area contributed by atoms with Crippen LogP contribution in [0.4, 0.5) is 0 Å². The molecule has 0 unspecified atom stereocenters.